The number of anilines is 4. The molecule has 0 spiro atoms. The number of likely N-dealkylation sites (tertiary alicyclic amines) is 3. The van der Waals surface area contributed by atoms with Gasteiger partial charge in [-0.1, -0.05) is 45.9 Å². The van der Waals surface area contributed by atoms with Gasteiger partial charge in [0.25, 0.3) is 40.1 Å². The second-order valence-electron chi connectivity index (χ2n) is 34.7. The summed E-state index contributed by atoms with van der Waals surface area (Å²) in [5, 5.41) is 26.7. The molecule has 1 unspecified atom stereocenters. The molecule has 32 nitrogen and oxygen atoms in total. The standard InChI is InChI=1S/C22H29N5O3S.C21H29F2N5O3S.C21H26FN5O3S.C21H29N5O3S/c1-26-17(14-27-10-2-3-11-27)13-20(24-26)31(29,30)25-22(28)23-21-18-8-4-6-15(18)12-16-7-5-9-19(16)21;1-12(2)17-6-14(22)7-18(13(3)4)20(17)24-21(29)26-32(30,31)19-8-16(27(5)25-19)11-28-9-15(23)10-28;1-26-16(12-27-10-15(22)11-27)9-19(24-26)31(29,30)25-21(28)23-20-17-6-2-4-13(17)8-14-5-3-7-18(14)20;1-13(25(2)3)18-12-19(23-26(18)4)30(28,29)24-21(27)22-20-16-9-5-7-14(16)11-15-8-6-10-17(15)20/h12-13H,2-11,14H2,1H3,(H2,23,25,28);6-8,12-13,15H,9-11H2,1-5H3,(H2,24,26,29);8-9,15H,2-7,10-12H2,1H3,(H2,23,25,28);11-13H,5-10H2,1-4H3,(H2,22,24,27). The van der Waals surface area contributed by atoms with E-state index >= 15 is 0 Å². The number of halogens is 3. The first kappa shape index (κ1) is 90.5. The fraction of sp³-hybridized carbons (Fsp3) is 0.529. The molecule has 4 aromatic heterocycles. The molecule has 0 radical (unpaired) electrons. The number of fused-ring (bicyclic) bond motifs is 6. The minimum absolute atomic E-state index is 0.0187. The van der Waals surface area contributed by atoms with E-state index in [0.717, 1.165) is 192 Å². The van der Waals surface area contributed by atoms with E-state index in [2.05, 4.69) is 78.9 Å². The number of amides is 8. The Labute approximate surface area is 723 Å². The van der Waals surface area contributed by atoms with Gasteiger partial charge in [-0.3, -0.25) is 33.4 Å². The Hall–Kier alpha value is -9.77. The van der Waals surface area contributed by atoms with Crippen LogP contribution in [0.3, 0.4) is 0 Å². The number of benzene rings is 4. The monoisotopic (exact) mass is 1790 g/mol. The Morgan fingerprint density at radius 1 is 0.379 bits per heavy atom. The van der Waals surface area contributed by atoms with Gasteiger partial charge >= 0.3 is 24.1 Å². The summed E-state index contributed by atoms with van der Waals surface area (Å²) >= 11 is 0. The van der Waals surface area contributed by atoms with Crippen molar-refractivity contribution in [2.24, 2.45) is 28.2 Å². The molecule has 39 heteroatoms. The summed E-state index contributed by atoms with van der Waals surface area (Å²) in [5.41, 5.74) is 21.3. The average Bonchev–Trinajstić information content (AvgIpc) is 1.61. The lowest BCUT2D eigenvalue weighted by Gasteiger charge is -2.33. The molecule has 124 heavy (non-hydrogen) atoms. The Balaban J connectivity index is 0.000000135. The third kappa shape index (κ3) is 20.3. The maximum atomic E-state index is 14.1. The minimum atomic E-state index is -4.25. The summed E-state index contributed by atoms with van der Waals surface area (Å²) in [7, 11) is -6.04. The second kappa shape index (κ2) is 37.0. The summed E-state index contributed by atoms with van der Waals surface area (Å²) in [6.07, 6.45) is 18.5. The number of aryl methyl sites for hydroxylation is 10. The van der Waals surface area contributed by atoms with Gasteiger partial charge in [-0.25, -0.2) is 51.2 Å². The molecular weight excluding hydrogens is 1680 g/mol. The number of hydrogen-bond acceptors (Lipinski definition) is 20. The van der Waals surface area contributed by atoms with Crippen molar-refractivity contribution in [3.63, 3.8) is 0 Å². The van der Waals surface area contributed by atoms with Crippen molar-refractivity contribution in [1.29, 1.82) is 0 Å². The fourth-order valence-electron chi connectivity index (χ4n) is 18.3. The van der Waals surface area contributed by atoms with Crippen LogP contribution in [0.1, 0.15) is 205 Å². The Morgan fingerprint density at radius 2 is 0.645 bits per heavy atom. The number of hydrogen-bond donors (Lipinski definition) is 8. The van der Waals surface area contributed by atoms with E-state index in [4.69, 9.17) is 0 Å². The molecule has 8 N–H and O–H groups in total. The van der Waals surface area contributed by atoms with Crippen LogP contribution in [0.5, 0.6) is 0 Å². The van der Waals surface area contributed by atoms with Gasteiger partial charge in [0, 0.05) is 127 Å². The molecule has 7 heterocycles. The summed E-state index contributed by atoms with van der Waals surface area (Å²) in [6, 6.07) is 12.1. The normalized spacial score (nSPS) is 17.1. The van der Waals surface area contributed by atoms with Crippen LogP contribution < -0.4 is 40.2 Å². The van der Waals surface area contributed by atoms with E-state index in [1.165, 1.54) is 88.9 Å². The fourth-order valence-corrected chi connectivity index (χ4v) is 21.9. The van der Waals surface area contributed by atoms with Gasteiger partial charge in [-0.05, 0) is 264 Å². The molecule has 9 aliphatic rings. The molecule has 0 saturated carbocycles. The van der Waals surface area contributed by atoms with Crippen molar-refractivity contribution in [2.45, 2.75) is 233 Å². The summed E-state index contributed by atoms with van der Waals surface area (Å²) in [6.45, 7) is 14.1. The number of sulfonamides is 4. The van der Waals surface area contributed by atoms with E-state index in [-0.39, 0.29) is 38.0 Å². The van der Waals surface area contributed by atoms with Gasteiger partial charge < -0.3 is 26.2 Å². The van der Waals surface area contributed by atoms with Crippen molar-refractivity contribution in [1.82, 2.24) is 77.6 Å². The number of nitrogens with one attached hydrogen (secondary N) is 8. The molecule has 3 saturated heterocycles. The first-order valence-corrected chi connectivity index (χ1v) is 48.6. The van der Waals surface area contributed by atoms with Crippen LogP contribution in [0.2, 0.25) is 0 Å². The summed E-state index contributed by atoms with van der Waals surface area (Å²) < 4.78 is 157. The topological polar surface area (TPSA) is 385 Å². The van der Waals surface area contributed by atoms with Gasteiger partial charge in [0.05, 0.1) is 22.8 Å². The van der Waals surface area contributed by atoms with Crippen LogP contribution in [-0.4, -0.2) is 182 Å². The van der Waals surface area contributed by atoms with Crippen LogP contribution >= 0.6 is 0 Å². The van der Waals surface area contributed by atoms with Crippen LogP contribution in [-0.2, 0) is 165 Å². The van der Waals surface area contributed by atoms with E-state index in [1.54, 1.807) is 38.9 Å². The Bertz CT molecular complexity index is 5800. The number of carbonyl (C=O) groups is 4. The van der Waals surface area contributed by atoms with Crippen LogP contribution in [0, 0.1) is 5.82 Å². The number of aromatic nitrogens is 8. The third-order valence-corrected chi connectivity index (χ3v) is 29.7. The molecule has 8 amide bonds. The summed E-state index contributed by atoms with van der Waals surface area (Å²) in [4.78, 5) is 58.7. The minimum Gasteiger partial charge on any atom is -0.307 e. The zero-order chi connectivity index (χ0) is 88.8. The van der Waals surface area contributed by atoms with Gasteiger partial charge in [-0.2, -0.15) is 54.1 Å². The van der Waals surface area contributed by atoms with Crippen LogP contribution in [0.25, 0.3) is 0 Å². The lowest BCUT2D eigenvalue weighted by atomic mass is 9.92. The smallest absolute Gasteiger partial charge is 0.307 e. The molecule has 1 atom stereocenters. The average molecular weight is 1790 g/mol. The van der Waals surface area contributed by atoms with Gasteiger partial charge in [0.2, 0.25) is 0 Å². The maximum absolute atomic E-state index is 14.1. The molecule has 0 bridgehead atoms. The number of carbonyl (C=O) groups excluding carboxylic acids is 4. The molecule has 3 fully saturated rings. The SMILES string of the molecule is CC(C)c1cc(F)cc(C(C)C)c1NC(=O)NS(=O)(=O)c1cc(CN2CC(F)C2)n(C)n1.CC(c1cc(S(=O)(=O)NC(=O)Nc2c3c(cc4c2CCC4)CCC3)nn1C)N(C)C.Cn1nc(S(=O)(=O)NC(=O)Nc2c3c(cc4c2CCC4)CCC3)cc1CN1CC(F)C1.Cn1nc(S(=O)(=O)NC(=O)Nc2c3c(cc4c2CCC4)CCC3)cc1CN1CCCC1. The Morgan fingerprint density at radius 3 is 0.919 bits per heavy atom. The lowest BCUT2D eigenvalue weighted by Crippen LogP contribution is -2.47. The third-order valence-electron chi connectivity index (χ3n) is 24.9. The molecule has 6 aliphatic carbocycles. The van der Waals surface area contributed by atoms with Crippen molar-refractivity contribution in [2.75, 3.05) is 74.6 Å². The van der Waals surface area contributed by atoms with Gasteiger partial charge in [-0.15, -0.1) is 0 Å². The highest BCUT2D eigenvalue weighted by Gasteiger charge is 2.36. The van der Waals surface area contributed by atoms with E-state index in [9.17, 15) is 66.0 Å². The van der Waals surface area contributed by atoms with Crippen molar-refractivity contribution < 1.29 is 66.0 Å². The predicted molar refractivity (Wildman–Crippen MR) is 463 cm³/mol. The zero-order valence-corrected chi connectivity index (χ0v) is 75.4. The van der Waals surface area contributed by atoms with E-state index < -0.39 is 82.4 Å². The van der Waals surface area contributed by atoms with Crippen LogP contribution in [0.15, 0.2) is 74.7 Å². The van der Waals surface area contributed by atoms with Crippen LogP contribution in [0.4, 0.5) is 55.1 Å². The highest BCUT2D eigenvalue weighted by Crippen LogP contribution is 2.43. The van der Waals surface area contributed by atoms with Crippen molar-refractivity contribution in [3.8, 4) is 0 Å². The largest absolute Gasteiger partial charge is 0.333 e. The lowest BCUT2D eigenvalue weighted by molar-refractivity contribution is 0.0569. The number of urea groups is 4. The second-order valence-corrected chi connectivity index (χ2v) is 41.3. The van der Waals surface area contributed by atoms with Crippen molar-refractivity contribution >= 4 is 87.0 Å². The molecular formula is C85H113F3N20O12S4. The molecule has 17 rings (SSSR count). The summed E-state index contributed by atoms with van der Waals surface area (Å²) in [5.74, 6) is -0.615. The molecule has 670 valence electrons. The zero-order valence-electron chi connectivity index (χ0n) is 72.1. The predicted octanol–water partition coefficient (Wildman–Crippen LogP) is 10.6. The van der Waals surface area contributed by atoms with Gasteiger partial charge in [0.1, 0.15) is 18.2 Å². The first-order chi connectivity index (χ1) is 58.7. The van der Waals surface area contributed by atoms with E-state index in [0.29, 0.717) is 74.0 Å². The number of rotatable bonds is 22. The molecule has 8 aromatic rings. The number of nitrogens with zero attached hydrogens (tertiary/aromatic N) is 12. The van der Waals surface area contributed by atoms with E-state index in [1.807, 2.05) is 68.1 Å². The quantitative estimate of drug-likeness (QED) is 0.0312. The number of alkyl halides is 2. The molecule has 3 aliphatic heterocycles. The highest BCUT2D eigenvalue weighted by atomic mass is 32.2. The first-order valence-electron chi connectivity index (χ1n) is 42.7. The van der Waals surface area contributed by atoms with Gasteiger partial charge in [0.15, 0.2) is 20.1 Å². The van der Waals surface area contributed by atoms with Crippen molar-refractivity contribution in [3.05, 3.63) is 161 Å². The maximum Gasteiger partial charge on any atom is 0.333 e. The molecule has 4 aromatic carbocycles. The highest BCUT2D eigenvalue weighted by molar-refractivity contribution is 7.90. The Kier molecular flexibility index (Phi) is 27.0.